The van der Waals surface area contributed by atoms with Gasteiger partial charge in [0.1, 0.15) is 11.2 Å². The first-order chi connectivity index (χ1) is 12.6. The summed E-state index contributed by atoms with van der Waals surface area (Å²) in [5.41, 5.74) is 3.17. The predicted molar refractivity (Wildman–Crippen MR) is 104 cm³/mol. The molecule has 0 amide bonds. The van der Waals surface area contributed by atoms with Gasteiger partial charge in [0, 0.05) is 16.3 Å². The number of allylic oxidation sites excluding steroid dienone is 3. The highest BCUT2D eigenvalue weighted by Gasteiger charge is 2.18. The van der Waals surface area contributed by atoms with Crippen molar-refractivity contribution in [3.05, 3.63) is 58.9 Å². The maximum atomic E-state index is 6.12. The minimum Gasteiger partial charge on any atom is -0.340 e. The Morgan fingerprint density at radius 3 is 2.92 bits per heavy atom. The van der Waals surface area contributed by atoms with Crippen LogP contribution in [0.4, 0.5) is 5.82 Å². The van der Waals surface area contributed by atoms with Crippen molar-refractivity contribution in [3.8, 4) is 11.4 Å². The van der Waals surface area contributed by atoms with Gasteiger partial charge in [0.15, 0.2) is 5.82 Å². The second-order valence-electron chi connectivity index (χ2n) is 6.43. The molecule has 1 aromatic carbocycles. The molecule has 0 aliphatic heterocycles. The lowest BCUT2D eigenvalue weighted by Gasteiger charge is -2.14. The van der Waals surface area contributed by atoms with Crippen molar-refractivity contribution in [1.82, 2.24) is 15.1 Å². The Kier molecular flexibility index (Phi) is 4.47. The van der Waals surface area contributed by atoms with Crippen molar-refractivity contribution in [1.29, 1.82) is 0 Å². The van der Waals surface area contributed by atoms with Crippen molar-refractivity contribution in [2.24, 2.45) is 5.92 Å². The number of nitrogens with zero attached hydrogens (tertiary/aromatic N) is 3. The highest BCUT2D eigenvalue weighted by Crippen LogP contribution is 2.30. The van der Waals surface area contributed by atoms with Crippen LogP contribution in [-0.4, -0.2) is 15.1 Å². The summed E-state index contributed by atoms with van der Waals surface area (Å²) in [6.45, 7) is 4.23. The number of halogens is 1. The van der Waals surface area contributed by atoms with E-state index in [-0.39, 0.29) is 0 Å². The van der Waals surface area contributed by atoms with Gasteiger partial charge in [0.2, 0.25) is 0 Å². The average Bonchev–Trinajstić information content (AvgIpc) is 3.07. The first-order valence-electron chi connectivity index (χ1n) is 8.71. The highest BCUT2D eigenvalue weighted by molar-refractivity contribution is 6.30. The largest absolute Gasteiger partial charge is 0.340 e. The first kappa shape index (κ1) is 16.8. The monoisotopic (exact) mass is 366 g/mol. The molecule has 1 atom stereocenters. The Balaban J connectivity index is 1.83. The maximum Gasteiger partial charge on any atom is 0.263 e. The quantitative estimate of drug-likeness (QED) is 0.670. The summed E-state index contributed by atoms with van der Waals surface area (Å²) in [6.07, 6.45) is 8.19. The third-order valence-corrected chi connectivity index (χ3v) is 4.64. The first-order valence-corrected chi connectivity index (χ1v) is 9.09. The molecule has 2 heterocycles. The van der Waals surface area contributed by atoms with E-state index in [0.29, 0.717) is 28.3 Å². The van der Waals surface area contributed by atoms with E-state index >= 15 is 0 Å². The second-order valence-corrected chi connectivity index (χ2v) is 6.86. The van der Waals surface area contributed by atoms with Crippen molar-refractivity contribution >= 4 is 28.5 Å². The van der Waals surface area contributed by atoms with E-state index in [1.165, 1.54) is 0 Å². The molecule has 6 heteroatoms. The normalized spacial score (nSPS) is 16.7. The molecule has 4 rings (SSSR count). The van der Waals surface area contributed by atoms with E-state index in [0.717, 1.165) is 35.2 Å². The van der Waals surface area contributed by atoms with Crippen molar-refractivity contribution < 1.29 is 4.52 Å². The molecule has 1 N–H and O–H groups in total. The lowest BCUT2D eigenvalue weighted by atomic mass is 10.0. The van der Waals surface area contributed by atoms with Crippen LogP contribution in [0.25, 0.3) is 22.5 Å². The molecule has 0 spiro atoms. The van der Waals surface area contributed by atoms with Gasteiger partial charge in [0.05, 0.1) is 5.69 Å². The number of rotatable bonds is 4. The van der Waals surface area contributed by atoms with Gasteiger partial charge in [-0.05, 0) is 37.0 Å². The van der Waals surface area contributed by atoms with Crippen LogP contribution >= 0.6 is 11.6 Å². The van der Waals surface area contributed by atoms with Gasteiger partial charge in [0.25, 0.3) is 5.71 Å². The van der Waals surface area contributed by atoms with Gasteiger partial charge in [-0.1, -0.05) is 54.9 Å². The fourth-order valence-corrected chi connectivity index (χ4v) is 3.15. The van der Waals surface area contributed by atoms with Gasteiger partial charge < -0.3 is 9.84 Å². The van der Waals surface area contributed by atoms with E-state index < -0.39 is 0 Å². The van der Waals surface area contributed by atoms with Crippen LogP contribution in [0.1, 0.15) is 26.0 Å². The summed E-state index contributed by atoms with van der Waals surface area (Å²) in [5, 5.41) is 9.03. The standard InChI is InChI=1S/C20H19ClN4O/c1-3-16-17-19(22-15-9-7-12(2)8-10-15)23-18(24-20(17)26-25-16)13-5-4-6-14(21)11-13/h4-7,9-12H,3,8H2,1-2H3,(H,22,23,24)/t12-/m1/s1. The maximum absolute atomic E-state index is 6.12. The number of nitrogens with one attached hydrogen (secondary N) is 1. The van der Waals surface area contributed by atoms with Crippen LogP contribution in [0.5, 0.6) is 0 Å². The summed E-state index contributed by atoms with van der Waals surface area (Å²) in [6, 6.07) is 7.47. The zero-order valence-corrected chi connectivity index (χ0v) is 15.4. The van der Waals surface area contributed by atoms with E-state index in [4.69, 9.17) is 21.1 Å². The Morgan fingerprint density at radius 1 is 1.31 bits per heavy atom. The van der Waals surface area contributed by atoms with Crippen LogP contribution in [0.2, 0.25) is 5.02 Å². The van der Waals surface area contributed by atoms with Gasteiger partial charge >= 0.3 is 0 Å². The number of anilines is 1. The molecule has 0 saturated heterocycles. The molecular formula is C20H19ClN4O. The smallest absolute Gasteiger partial charge is 0.263 e. The zero-order valence-electron chi connectivity index (χ0n) is 14.7. The summed E-state index contributed by atoms with van der Waals surface area (Å²) in [7, 11) is 0. The molecule has 26 heavy (non-hydrogen) atoms. The number of aromatic nitrogens is 3. The molecule has 132 valence electrons. The molecule has 2 aromatic heterocycles. The van der Waals surface area contributed by atoms with E-state index in [1.54, 1.807) is 0 Å². The topological polar surface area (TPSA) is 63.8 Å². The Labute approximate surface area is 156 Å². The van der Waals surface area contributed by atoms with Gasteiger partial charge in [-0.25, -0.2) is 4.98 Å². The number of benzene rings is 1. The molecular weight excluding hydrogens is 348 g/mol. The van der Waals surface area contributed by atoms with Crippen LogP contribution in [0.15, 0.2) is 52.7 Å². The molecule has 0 bridgehead atoms. The molecule has 1 aliphatic rings. The fourth-order valence-electron chi connectivity index (χ4n) is 2.96. The summed E-state index contributed by atoms with van der Waals surface area (Å²) >= 11 is 6.12. The Morgan fingerprint density at radius 2 is 2.19 bits per heavy atom. The lowest BCUT2D eigenvalue weighted by molar-refractivity contribution is 0.440. The molecule has 3 aromatic rings. The van der Waals surface area contributed by atoms with Gasteiger partial charge in [-0.2, -0.15) is 4.98 Å². The van der Waals surface area contributed by atoms with Gasteiger partial charge in [-0.3, -0.25) is 0 Å². The van der Waals surface area contributed by atoms with E-state index in [9.17, 15) is 0 Å². The van der Waals surface area contributed by atoms with Crippen LogP contribution in [0, 0.1) is 5.92 Å². The van der Waals surface area contributed by atoms with Crippen molar-refractivity contribution in [2.45, 2.75) is 26.7 Å². The number of aryl methyl sites for hydroxylation is 1. The van der Waals surface area contributed by atoms with Crippen LogP contribution < -0.4 is 5.32 Å². The molecule has 5 nitrogen and oxygen atoms in total. The number of hydrogen-bond acceptors (Lipinski definition) is 5. The highest BCUT2D eigenvalue weighted by atomic mass is 35.5. The number of hydrogen-bond donors (Lipinski definition) is 1. The molecule has 0 fully saturated rings. The lowest BCUT2D eigenvalue weighted by Crippen LogP contribution is -2.06. The zero-order chi connectivity index (χ0) is 18.1. The predicted octanol–water partition coefficient (Wildman–Crippen LogP) is 5.39. The SMILES string of the molecule is CCc1noc2nc(-c3cccc(Cl)c3)nc(NC3=CC[C@H](C)C=C3)c12. The average molecular weight is 367 g/mol. The molecule has 1 aliphatic carbocycles. The Bertz CT molecular complexity index is 1020. The van der Waals surface area contributed by atoms with Gasteiger partial charge in [-0.15, -0.1) is 0 Å². The molecule has 0 saturated carbocycles. The van der Waals surface area contributed by atoms with Crippen LogP contribution in [-0.2, 0) is 6.42 Å². The minimum absolute atomic E-state index is 0.475. The Hall–Kier alpha value is -2.66. The number of fused-ring (bicyclic) bond motifs is 1. The van der Waals surface area contributed by atoms with Crippen molar-refractivity contribution in [3.63, 3.8) is 0 Å². The second kappa shape index (κ2) is 6.92. The minimum atomic E-state index is 0.475. The summed E-state index contributed by atoms with van der Waals surface area (Å²) in [5.74, 6) is 1.80. The summed E-state index contributed by atoms with van der Waals surface area (Å²) < 4.78 is 5.47. The van der Waals surface area contributed by atoms with E-state index in [1.807, 2.05) is 31.2 Å². The van der Waals surface area contributed by atoms with E-state index in [2.05, 4.69) is 40.6 Å². The molecule has 0 radical (unpaired) electrons. The van der Waals surface area contributed by atoms with Crippen molar-refractivity contribution in [2.75, 3.05) is 5.32 Å². The third-order valence-electron chi connectivity index (χ3n) is 4.40. The molecule has 0 unspecified atom stereocenters. The summed E-state index contributed by atoms with van der Waals surface area (Å²) in [4.78, 5) is 9.30. The fraction of sp³-hybridized carbons (Fsp3) is 0.250. The van der Waals surface area contributed by atoms with Crippen LogP contribution in [0.3, 0.4) is 0 Å². The third kappa shape index (κ3) is 3.22.